The van der Waals surface area contributed by atoms with Crippen LogP contribution in [-0.4, -0.2) is 32.6 Å². The van der Waals surface area contributed by atoms with E-state index in [1.54, 1.807) is 0 Å². The van der Waals surface area contributed by atoms with Crippen LogP contribution in [0.2, 0.25) is 5.82 Å². The number of hydrogen-bond acceptors (Lipinski definition) is 0. The van der Waals surface area contributed by atoms with Gasteiger partial charge < -0.3 is 0 Å². The maximum Gasteiger partial charge on any atom is 0.400 e. The third-order valence-electron chi connectivity index (χ3n) is 2.18. The molecule has 0 fully saturated rings. The monoisotopic (exact) mass is 326 g/mol. The molecule has 118 valence electrons. The van der Waals surface area contributed by atoms with Crippen LogP contribution in [0, 0.1) is 11.8 Å². The minimum atomic E-state index is -6.41. The van der Waals surface area contributed by atoms with Gasteiger partial charge in [-0.1, -0.05) is 0 Å². The molecular weight excluding hydrogens is 323 g/mol. The molecule has 0 atom stereocenters. The second-order valence-corrected chi connectivity index (χ2v) is 3.70. The van der Waals surface area contributed by atoms with E-state index in [0.29, 0.717) is 0 Å². The van der Waals surface area contributed by atoms with Gasteiger partial charge in [0.2, 0.25) is 0 Å². The Morgan fingerprint density at radius 1 is 0.450 bits per heavy atom. The second kappa shape index (κ2) is 5.21. The number of halogens is 12. The van der Waals surface area contributed by atoms with Gasteiger partial charge in [0.25, 0.3) is 0 Å². The van der Waals surface area contributed by atoms with Crippen molar-refractivity contribution in [2.24, 2.45) is 11.8 Å². The third kappa shape index (κ3) is 4.65. The molecule has 0 amide bonds. The Bertz CT molecular complexity index is 259. The summed E-state index contributed by atoms with van der Waals surface area (Å²) in [5.41, 5.74) is 0. The summed E-state index contributed by atoms with van der Waals surface area (Å²) in [6.07, 6.45) is -25.6. The minimum absolute atomic E-state index is 4.03. The fourth-order valence-electron chi connectivity index (χ4n) is 1.44. The van der Waals surface area contributed by atoms with Crippen molar-refractivity contribution in [1.29, 1.82) is 0 Å². The van der Waals surface area contributed by atoms with Crippen molar-refractivity contribution < 1.29 is 52.7 Å². The SMILES string of the molecule is [B]C(C(C(F)(F)F)C(F)(F)F)C(C(F)(F)F)C(F)(F)F. The zero-order valence-corrected chi connectivity index (χ0v) is 8.84. The van der Waals surface area contributed by atoms with Gasteiger partial charge in [0, 0.05) is 0 Å². The lowest BCUT2D eigenvalue weighted by atomic mass is 9.67. The van der Waals surface area contributed by atoms with Crippen molar-refractivity contribution in [2.45, 2.75) is 30.5 Å². The zero-order chi connectivity index (χ0) is 16.7. The first-order valence-corrected chi connectivity index (χ1v) is 4.42. The van der Waals surface area contributed by atoms with Gasteiger partial charge in [0.15, 0.2) is 0 Å². The fourth-order valence-corrected chi connectivity index (χ4v) is 1.44. The van der Waals surface area contributed by atoms with Gasteiger partial charge in [-0.05, 0) is 5.82 Å². The lowest BCUT2D eigenvalue weighted by Crippen LogP contribution is -2.49. The van der Waals surface area contributed by atoms with Crippen LogP contribution < -0.4 is 0 Å². The molecule has 0 aromatic heterocycles. The molecular formula is C7H3BF12. The van der Waals surface area contributed by atoms with Crippen molar-refractivity contribution >= 4 is 7.85 Å². The highest BCUT2D eigenvalue weighted by atomic mass is 19.4. The molecule has 0 N–H and O–H groups in total. The maximum atomic E-state index is 12.1. The summed E-state index contributed by atoms with van der Waals surface area (Å²) in [6.45, 7) is 0. The van der Waals surface area contributed by atoms with E-state index in [-0.39, 0.29) is 0 Å². The van der Waals surface area contributed by atoms with Crippen molar-refractivity contribution in [1.82, 2.24) is 0 Å². The zero-order valence-electron chi connectivity index (χ0n) is 8.84. The Hall–Kier alpha value is -0.775. The first-order chi connectivity index (χ1) is 8.40. The Morgan fingerprint density at radius 2 is 0.600 bits per heavy atom. The van der Waals surface area contributed by atoms with E-state index in [9.17, 15) is 52.7 Å². The van der Waals surface area contributed by atoms with Gasteiger partial charge in [-0.2, -0.15) is 52.7 Å². The summed E-state index contributed by atoms with van der Waals surface area (Å²) >= 11 is 0. The van der Waals surface area contributed by atoms with E-state index in [1.165, 1.54) is 0 Å². The van der Waals surface area contributed by atoms with E-state index in [4.69, 9.17) is 0 Å². The molecule has 0 bridgehead atoms. The van der Waals surface area contributed by atoms with Crippen LogP contribution in [0.5, 0.6) is 0 Å². The number of rotatable bonds is 2. The van der Waals surface area contributed by atoms with Gasteiger partial charge in [-0.3, -0.25) is 0 Å². The van der Waals surface area contributed by atoms with E-state index in [0.717, 1.165) is 0 Å². The van der Waals surface area contributed by atoms with Crippen molar-refractivity contribution in [3.8, 4) is 0 Å². The van der Waals surface area contributed by atoms with Crippen LogP contribution in [0.15, 0.2) is 0 Å². The molecule has 0 nitrogen and oxygen atoms in total. The molecule has 2 radical (unpaired) electrons. The average molecular weight is 326 g/mol. The van der Waals surface area contributed by atoms with E-state index < -0.39 is 42.4 Å². The molecule has 0 rings (SSSR count). The quantitative estimate of drug-likeness (QED) is 0.520. The highest BCUT2D eigenvalue weighted by molar-refractivity contribution is 6.12. The molecule has 0 aromatic carbocycles. The number of hydrogen-bond donors (Lipinski definition) is 0. The first-order valence-electron chi connectivity index (χ1n) is 4.42. The number of alkyl halides is 12. The second-order valence-electron chi connectivity index (χ2n) is 3.70. The third-order valence-corrected chi connectivity index (χ3v) is 2.18. The topological polar surface area (TPSA) is 0 Å². The maximum absolute atomic E-state index is 12.1. The van der Waals surface area contributed by atoms with Crippen LogP contribution in [0.1, 0.15) is 0 Å². The van der Waals surface area contributed by atoms with Crippen LogP contribution in [0.25, 0.3) is 0 Å². The molecule has 0 aliphatic rings. The highest BCUT2D eigenvalue weighted by Crippen LogP contribution is 2.55. The predicted octanol–water partition coefficient (Wildman–Crippen LogP) is 4.43. The molecule has 0 aromatic rings. The standard InChI is InChI=1S/C7H3BF12/c8-1(2(4(9,10)11)5(12,13)14)3(6(15,16)17)7(18,19)20/h1-3H. The van der Waals surface area contributed by atoms with E-state index in [1.807, 2.05) is 0 Å². The lowest BCUT2D eigenvalue weighted by Gasteiger charge is -2.35. The van der Waals surface area contributed by atoms with Crippen molar-refractivity contribution in [3.05, 3.63) is 0 Å². The summed E-state index contributed by atoms with van der Waals surface area (Å²) in [5.74, 6) is -14.2. The van der Waals surface area contributed by atoms with Gasteiger partial charge >= 0.3 is 24.7 Å². The molecule has 0 saturated heterocycles. The van der Waals surface area contributed by atoms with Crippen LogP contribution in [0.4, 0.5) is 52.7 Å². The van der Waals surface area contributed by atoms with Gasteiger partial charge in [0.05, 0.1) is 7.85 Å². The molecule has 0 saturated carbocycles. The molecule has 20 heavy (non-hydrogen) atoms. The van der Waals surface area contributed by atoms with E-state index >= 15 is 0 Å². The van der Waals surface area contributed by atoms with Gasteiger partial charge in [0.1, 0.15) is 11.8 Å². The highest BCUT2D eigenvalue weighted by Gasteiger charge is 2.68. The average Bonchev–Trinajstić information content (AvgIpc) is 1.88. The molecule has 13 heteroatoms. The fraction of sp³-hybridized carbons (Fsp3) is 1.00. The smallest absolute Gasteiger partial charge is 0.170 e. The minimum Gasteiger partial charge on any atom is -0.170 e. The van der Waals surface area contributed by atoms with Crippen LogP contribution in [0.3, 0.4) is 0 Å². The van der Waals surface area contributed by atoms with Crippen molar-refractivity contribution in [3.63, 3.8) is 0 Å². The van der Waals surface area contributed by atoms with E-state index in [2.05, 4.69) is 7.85 Å². The molecule has 0 unspecified atom stereocenters. The van der Waals surface area contributed by atoms with Gasteiger partial charge in [-0.25, -0.2) is 0 Å². The molecule has 0 aliphatic carbocycles. The molecule has 0 heterocycles. The molecule has 0 spiro atoms. The van der Waals surface area contributed by atoms with Gasteiger partial charge in [-0.15, -0.1) is 0 Å². The van der Waals surface area contributed by atoms with Crippen LogP contribution in [-0.2, 0) is 0 Å². The Morgan fingerprint density at radius 3 is 0.700 bits per heavy atom. The van der Waals surface area contributed by atoms with Crippen LogP contribution >= 0.6 is 0 Å². The predicted molar refractivity (Wildman–Crippen MR) is 40.7 cm³/mol. The first kappa shape index (κ1) is 19.2. The van der Waals surface area contributed by atoms with Crippen molar-refractivity contribution in [2.75, 3.05) is 0 Å². The summed E-state index contributed by atoms with van der Waals surface area (Å²) in [4.78, 5) is 0. The Kier molecular flexibility index (Phi) is 5.01. The summed E-state index contributed by atoms with van der Waals surface area (Å²) in [5, 5.41) is 0. The summed E-state index contributed by atoms with van der Waals surface area (Å²) in [7, 11) is 4.03. The Balaban J connectivity index is 5.81. The largest absolute Gasteiger partial charge is 0.400 e. The normalized spacial score (nSPS) is 15.6. The molecule has 0 aliphatic heterocycles. The lowest BCUT2D eigenvalue weighted by molar-refractivity contribution is -0.324. The summed E-state index contributed by atoms with van der Waals surface area (Å²) in [6, 6.07) is 0. The summed E-state index contributed by atoms with van der Waals surface area (Å²) < 4.78 is 145. The Labute approximate surface area is 104 Å².